The summed E-state index contributed by atoms with van der Waals surface area (Å²) in [5, 5.41) is 2.56. The van der Waals surface area contributed by atoms with Crippen molar-refractivity contribution in [2.24, 2.45) is 0 Å². The Labute approximate surface area is 101 Å². The number of benzene rings is 1. The molecule has 1 saturated heterocycles. The van der Waals surface area contributed by atoms with Gasteiger partial charge in [-0.15, -0.1) is 0 Å². The zero-order valence-corrected chi connectivity index (χ0v) is 9.51. The third-order valence-corrected chi connectivity index (χ3v) is 3.12. The normalized spacial score (nSPS) is 24.2. The molecular formula is C12H11F4NO. The molecule has 0 radical (unpaired) electrons. The molecule has 1 aromatic carbocycles. The minimum atomic E-state index is -4.62. The smallest absolute Gasteiger partial charge is 0.353 e. The van der Waals surface area contributed by atoms with Crippen molar-refractivity contribution in [1.82, 2.24) is 5.32 Å². The Morgan fingerprint density at radius 2 is 2.00 bits per heavy atom. The van der Waals surface area contributed by atoms with Gasteiger partial charge in [-0.25, -0.2) is 4.39 Å². The molecule has 1 aromatic rings. The van der Waals surface area contributed by atoms with Crippen LogP contribution in [0.4, 0.5) is 17.6 Å². The second kappa shape index (κ2) is 4.26. The van der Waals surface area contributed by atoms with E-state index in [9.17, 15) is 22.4 Å². The van der Waals surface area contributed by atoms with Crippen LogP contribution in [0.1, 0.15) is 30.4 Å². The lowest BCUT2D eigenvalue weighted by Crippen LogP contribution is -2.25. The predicted molar refractivity (Wildman–Crippen MR) is 56.4 cm³/mol. The van der Waals surface area contributed by atoms with E-state index in [1.54, 1.807) is 6.92 Å². The van der Waals surface area contributed by atoms with Crippen LogP contribution in [0.5, 0.6) is 0 Å². The lowest BCUT2D eigenvalue weighted by atomic mass is 9.89. The molecule has 1 N–H and O–H groups in total. The number of carbonyl (C=O) groups is 1. The first-order valence-electron chi connectivity index (χ1n) is 5.45. The molecule has 6 heteroatoms. The number of amides is 1. The minimum absolute atomic E-state index is 0.00409. The quantitative estimate of drug-likeness (QED) is 0.774. The highest BCUT2D eigenvalue weighted by atomic mass is 19.4. The second-order valence-electron chi connectivity index (χ2n) is 4.40. The molecule has 0 aliphatic carbocycles. The van der Waals surface area contributed by atoms with E-state index >= 15 is 0 Å². The zero-order chi connectivity index (χ0) is 13.5. The zero-order valence-electron chi connectivity index (χ0n) is 9.51. The topological polar surface area (TPSA) is 29.1 Å². The van der Waals surface area contributed by atoms with Crippen molar-refractivity contribution in [1.29, 1.82) is 0 Å². The predicted octanol–water partition coefficient (Wildman–Crippen LogP) is 2.84. The lowest BCUT2D eigenvalue weighted by molar-refractivity contribution is -0.138. The molecule has 2 unspecified atom stereocenters. The maximum atomic E-state index is 13.0. The Hall–Kier alpha value is -1.59. The maximum absolute atomic E-state index is 13.0. The average Bonchev–Trinajstić information content (AvgIpc) is 2.56. The molecule has 1 fully saturated rings. The summed E-state index contributed by atoms with van der Waals surface area (Å²) in [5.41, 5.74) is -1.04. The van der Waals surface area contributed by atoms with Crippen molar-refractivity contribution < 1.29 is 22.4 Å². The molecule has 0 saturated carbocycles. The van der Waals surface area contributed by atoms with Crippen LogP contribution in [0.25, 0.3) is 0 Å². The van der Waals surface area contributed by atoms with Gasteiger partial charge in [0.25, 0.3) is 0 Å². The van der Waals surface area contributed by atoms with Crippen LogP contribution in [-0.4, -0.2) is 11.9 Å². The van der Waals surface area contributed by atoms with Gasteiger partial charge in [0, 0.05) is 18.4 Å². The first-order valence-corrected chi connectivity index (χ1v) is 5.45. The van der Waals surface area contributed by atoms with Crippen molar-refractivity contribution in [3.8, 4) is 0 Å². The summed E-state index contributed by atoms with van der Waals surface area (Å²) in [4.78, 5) is 11.2. The molecule has 98 valence electrons. The minimum Gasteiger partial charge on any atom is -0.353 e. The van der Waals surface area contributed by atoms with Crippen LogP contribution in [-0.2, 0) is 11.0 Å². The van der Waals surface area contributed by atoms with Crippen LogP contribution in [0.3, 0.4) is 0 Å². The number of alkyl halides is 3. The van der Waals surface area contributed by atoms with E-state index < -0.39 is 23.5 Å². The van der Waals surface area contributed by atoms with E-state index in [2.05, 4.69) is 5.32 Å². The molecule has 2 nitrogen and oxygen atoms in total. The first kappa shape index (κ1) is 12.9. The van der Waals surface area contributed by atoms with Gasteiger partial charge in [-0.1, -0.05) is 6.07 Å². The van der Waals surface area contributed by atoms with Gasteiger partial charge < -0.3 is 5.32 Å². The summed E-state index contributed by atoms with van der Waals surface area (Å²) in [7, 11) is 0. The Bertz CT molecular complexity index is 483. The lowest BCUT2D eigenvalue weighted by Gasteiger charge is -2.20. The molecule has 0 bridgehead atoms. The van der Waals surface area contributed by atoms with Gasteiger partial charge >= 0.3 is 6.18 Å². The van der Waals surface area contributed by atoms with Crippen LogP contribution in [0, 0.1) is 5.82 Å². The van der Waals surface area contributed by atoms with Gasteiger partial charge in [0.2, 0.25) is 5.91 Å². The highest BCUT2D eigenvalue weighted by Crippen LogP contribution is 2.39. The van der Waals surface area contributed by atoms with Crippen molar-refractivity contribution in [2.75, 3.05) is 0 Å². The summed E-state index contributed by atoms with van der Waals surface area (Å²) in [5.74, 6) is -1.80. The Morgan fingerprint density at radius 1 is 1.33 bits per heavy atom. The van der Waals surface area contributed by atoms with Crippen molar-refractivity contribution in [2.45, 2.75) is 31.5 Å². The molecular weight excluding hydrogens is 250 g/mol. The Kier molecular flexibility index (Phi) is 3.04. The third kappa shape index (κ3) is 2.32. The number of rotatable bonds is 1. The van der Waals surface area contributed by atoms with Crippen molar-refractivity contribution in [3.63, 3.8) is 0 Å². The average molecular weight is 261 g/mol. The van der Waals surface area contributed by atoms with Crippen LogP contribution >= 0.6 is 0 Å². The van der Waals surface area contributed by atoms with Gasteiger partial charge in [0.05, 0.1) is 5.56 Å². The number of nitrogens with one attached hydrogen (secondary N) is 1. The fourth-order valence-corrected chi connectivity index (χ4v) is 2.27. The van der Waals surface area contributed by atoms with Gasteiger partial charge in [-0.3, -0.25) is 4.79 Å². The fraction of sp³-hybridized carbons (Fsp3) is 0.417. The van der Waals surface area contributed by atoms with E-state index in [4.69, 9.17) is 0 Å². The summed E-state index contributed by atoms with van der Waals surface area (Å²) < 4.78 is 51.5. The van der Waals surface area contributed by atoms with Crippen LogP contribution in [0.2, 0.25) is 0 Å². The van der Waals surface area contributed by atoms with Gasteiger partial charge in [-0.05, 0) is 24.6 Å². The summed E-state index contributed by atoms with van der Waals surface area (Å²) in [6, 6.07) is 2.19. The second-order valence-corrected chi connectivity index (χ2v) is 4.40. The molecule has 1 aliphatic rings. The molecule has 2 atom stereocenters. The molecule has 1 amide bonds. The Morgan fingerprint density at radius 3 is 2.50 bits per heavy atom. The number of hydrogen-bond acceptors (Lipinski definition) is 1. The van der Waals surface area contributed by atoms with E-state index in [1.165, 1.54) is 0 Å². The van der Waals surface area contributed by atoms with E-state index in [0.29, 0.717) is 6.07 Å². The molecule has 0 spiro atoms. The summed E-state index contributed by atoms with van der Waals surface area (Å²) in [6.45, 7) is 1.64. The van der Waals surface area contributed by atoms with E-state index in [0.717, 1.165) is 12.1 Å². The maximum Gasteiger partial charge on any atom is 0.416 e. The van der Waals surface area contributed by atoms with Crippen molar-refractivity contribution in [3.05, 3.63) is 35.1 Å². The van der Waals surface area contributed by atoms with Gasteiger partial charge in [0.15, 0.2) is 0 Å². The Balaban J connectivity index is 2.48. The van der Waals surface area contributed by atoms with E-state index in [-0.39, 0.29) is 23.9 Å². The van der Waals surface area contributed by atoms with E-state index in [1.807, 2.05) is 0 Å². The molecule has 0 aromatic heterocycles. The SMILES string of the molecule is CC1NC(=O)CC1c1ccc(F)cc1C(F)(F)F. The number of hydrogen-bond donors (Lipinski definition) is 1. The van der Waals surface area contributed by atoms with Gasteiger partial charge in [0.1, 0.15) is 5.82 Å². The van der Waals surface area contributed by atoms with Crippen LogP contribution in [0.15, 0.2) is 18.2 Å². The molecule has 2 rings (SSSR count). The highest BCUT2D eigenvalue weighted by Gasteiger charge is 2.39. The van der Waals surface area contributed by atoms with Crippen LogP contribution < -0.4 is 5.32 Å². The molecule has 1 aliphatic heterocycles. The standard InChI is InChI=1S/C12H11F4NO/c1-6-9(5-11(18)17-6)8-3-2-7(13)4-10(8)12(14,15)16/h2-4,6,9H,5H2,1H3,(H,17,18). The first-order chi connectivity index (χ1) is 8.29. The van der Waals surface area contributed by atoms with Gasteiger partial charge in [-0.2, -0.15) is 13.2 Å². The number of halogens is 4. The summed E-state index contributed by atoms with van der Waals surface area (Å²) in [6.07, 6.45) is -4.63. The number of carbonyl (C=O) groups excluding carboxylic acids is 1. The third-order valence-electron chi connectivity index (χ3n) is 3.12. The highest BCUT2D eigenvalue weighted by molar-refractivity contribution is 5.80. The molecule has 1 heterocycles. The summed E-state index contributed by atoms with van der Waals surface area (Å²) >= 11 is 0. The van der Waals surface area contributed by atoms with Crippen molar-refractivity contribution >= 4 is 5.91 Å². The monoisotopic (exact) mass is 261 g/mol. The fourth-order valence-electron chi connectivity index (χ4n) is 2.27. The largest absolute Gasteiger partial charge is 0.416 e. The molecule has 18 heavy (non-hydrogen) atoms.